The quantitative estimate of drug-likeness (QED) is 0.836. The molecule has 2 aromatic rings. The van der Waals surface area contributed by atoms with Gasteiger partial charge in [0.25, 0.3) is 5.97 Å². The third-order valence-corrected chi connectivity index (χ3v) is 2.01. The lowest BCUT2D eigenvalue weighted by atomic mass is 10.2. The topological polar surface area (TPSA) is 62.5 Å². The van der Waals surface area contributed by atoms with Crippen molar-refractivity contribution in [2.75, 3.05) is 0 Å². The van der Waals surface area contributed by atoms with E-state index >= 15 is 0 Å². The largest absolute Gasteiger partial charge is 0.508 e. The van der Waals surface area contributed by atoms with Crippen molar-refractivity contribution in [1.29, 1.82) is 0 Å². The van der Waals surface area contributed by atoms with Crippen LogP contribution in [0.15, 0.2) is 48.8 Å². The number of phenols is 1. The summed E-state index contributed by atoms with van der Waals surface area (Å²) in [5.41, 5.74) is 0.943. The number of carboxylic acids is 1. The van der Waals surface area contributed by atoms with Crippen molar-refractivity contribution >= 4 is 5.97 Å². The summed E-state index contributed by atoms with van der Waals surface area (Å²) in [5.74, 6) is -0.476. The number of carbonyl (C=O) groups is 1. The van der Waals surface area contributed by atoms with Crippen molar-refractivity contribution in [3.8, 4) is 5.75 Å². The molecule has 0 atom stereocenters. The van der Waals surface area contributed by atoms with Crippen molar-refractivity contribution < 1.29 is 15.0 Å². The Bertz CT molecular complexity index is 459. The summed E-state index contributed by atoms with van der Waals surface area (Å²) in [6.07, 6.45) is 3.96. The first kappa shape index (κ1) is 12.8. The molecule has 0 saturated carbocycles. The predicted molar refractivity (Wildman–Crippen MR) is 65.0 cm³/mol. The molecule has 1 aromatic heterocycles. The van der Waals surface area contributed by atoms with Gasteiger partial charge in [-0.05, 0) is 18.2 Å². The van der Waals surface area contributed by atoms with E-state index in [9.17, 15) is 5.11 Å². The molecule has 1 aromatic carbocycles. The maximum Gasteiger partial charge on any atom is 0.300 e. The van der Waals surface area contributed by atoms with Gasteiger partial charge in [0, 0.05) is 24.9 Å². The lowest BCUT2D eigenvalue weighted by molar-refractivity contribution is -0.134. The Morgan fingerprint density at radius 2 is 1.71 bits per heavy atom. The number of aliphatic carboxylic acids is 1. The van der Waals surface area contributed by atoms with Gasteiger partial charge in [-0.25, -0.2) is 0 Å². The molecule has 1 heterocycles. The van der Waals surface area contributed by atoms with Crippen LogP contribution in [0.5, 0.6) is 5.75 Å². The molecule has 0 saturated heterocycles. The van der Waals surface area contributed by atoms with Crippen LogP contribution in [-0.2, 0) is 11.3 Å². The maximum absolute atomic E-state index is 9.50. The van der Waals surface area contributed by atoms with Gasteiger partial charge in [-0.1, -0.05) is 18.2 Å². The van der Waals surface area contributed by atoms with Crippen LogP contribution in [0, 0.1) is 0 Å². The van der Waals surface area contributed by atoms with Crippen LogP contribution in [0.4, 0.5) is 0 Å². The Balaban J connectivity index is 0.000000317. The Morgan fingerprint density at radius 3 is 2.24 bits per heavy atom. The number of benzene rings is 1. The highest BCUT2D eigenvalue weighted by Gasteiger charge is 1.98. The number of aromatic nitrogens is 1. The van der Waals surface area contributed by atoms with Crippen molar-refractivity contribution in [2.24, 2.45) is 0 Å². The summed E-state index contributed by atoms with van der Waals surface area (Å²) in [7, 11) is 0. The fourth-order valence-electron chi connectivity index (χ4n) is 1.32. The van der Waals surface area contributed by atoms with E-state index in [0.29, 0.717) is 5.75 Å². The third-order valence-electron chi connectivity index (χ3n) is 2.01. The SMILES string of the molecule is CC(=O)O.Oc1ccccc1Cn1cccc1. The molecule has 0 aliphatic carbocycles. The zero-order chi connectivity index (χ0) is 12.7. The minimum atomic E-state index is -0.833. The summed E-state index contributed by atoms with van der Waals surface area (Å²) in [6, 6.07) is 11.3. The van der Waals surface area contributed by atoms with Gasteiger partial charge in [0.15, 0.2) is 0 Å². The highest BCUT2D eigenvalue weighted by molar-refractivity contribution is 5.62. The van der Waals surface area contributed by atoms with Gasteiger partial charge in [0.2, 0.25) is 0 Å². The monoisotopic (exact) mass is 233 g/mol. The lowest BCUT2D eigenvalue weighted by Crippen LogP contribution is -1.95. The van der Waals surface area contributed by atoms with Crippen LogP contribution in [0.2, 0.25) is 0 Å². The normalized spacial score (nSPS) is 9.24. The van der Waals surface area contributed by atoms with Crippen LogP contribution >= 0.6 is 0 Å². The standard InChI is InChI=1S/C11H11NO.C2H4O2/c13-11-6-2-1-5-10(11)9-12-7-3-4-8-12;1-2(3)4/h1-8,13H,9H2;1H3,(H,3,4). The predicted octanol–water partition coefficient (Wildman–Crippen LogP) is 2.33. The molecule has 17 heavy (non-hydrogen) atoms. The second-order valence-electron chi connectivity index (χ2n) is 3.50. The average molecular weight is 233 g/mol. The second kappa shape index (κ2) is 6.37. The summed E-state index contributed by atoms with van der Waals surface area (Å²) in [4.78, 5) is 9.00. The highest BCUT2D eigenvalue weighted by Crippen LogP contribution is 2.16. The molecule has 2 N–H and O–H groups in total. The van der Waals surface area contributed by atoms with Gasteiger partial charge >= 0.3 is 0 Å². The average Bonchev–Trinajstić information content (AvgIpc) is 2.73. The molecule has 0 fully saturated rings. The van der Waals surface area contributed by atoms with Gasteiger partial charge < -0.3 is 14.8 Å². The number of para-hydroxylation sites is 1. The minimum absolute atomic E-state index is 0.358. The van der Waals surface area contributed by atoms with Crippen LogP contribution in [0.25, 0.3) is 0 Å². The molecule has 4 heteroatoms. The molecule has 0 unspecified atom stereocenters. The first-order valence-corrected chi connectivity index (χ1v) is 5.16. The number of phenolic OH excluding ortho intramolecular Hbond substituents is 1. The van der Waals surface area contributed by atoms with E-state index in [2.05, 4.69) is 0 Å². The second-order valence-corrected chi connectivity index (χ2v) is 3.50. The highest BCUT2D eigenvalue weighted by atomic mass is 16.4. The van der Waals surface area contributed by atoms with Crippen LogP contribution in [0.3, 0.4) is 0 Å². The summed E-state index contributed by atoms with van der Waals surface area (Å²) in [6.45, 7) is 1.81. The Labute approximate surface area is 99.8 Å². The van der Waals surface area contributed by atoms with E-state index in [1.165, 1.54) is 0 Å². The maximum atomic E-state index is 9.50. The Morgan fingerprint density at radius 1 is 1.18 bits per heavy atom. The molecule has 0 radical (unpaired) electrons. The number of nitrogens with zero attached hydrogens (tertiary/aromatic N) is 1. The molecule has 0 spiro atoms. The molecule has 0 aliphatic rings. The van der Waals surface area contributed by atoms with Gasteiger partial charge in [0.1, 0.15) is 5.75 Å². The number of rotatable bonds is 2. The Kier molecular flexibility index (Phi) is 4.81. The van der Waals surface area contributed by atoms with Gasteiger partial charge in [-0.3, -0.25) is 4.79 Å². The van der Waals surface area contributed by atoms with E-state index in [1.54, 1.807) is 6.07 Å². The van der Waals surface area contributed by atoms with Crippen LogP contribution in [-0.4, -0.2) is 20.7 Å². The zero-order valence-electron chi connectivity index (χ0n) is 9.58. The van der Waals surface area contributed by atoms with E-state index in [4.69, 9.17) is 9.90 Å². The fraction of sp³-hybridized carbons (Fsp3) is 0.154. The van der Waals surface area contributed by atoms with E-state index in [-0.39, 0.29) is 0 Å². The van der Waals surface area contributed by atoms with Gasteiger partial charge in [-0.2, -0.15) is 0 Å². The number of hydrogen-bond acceptors (Lipinski definition) is 2. The zero-order valence-corrected chi connectivity index (χ0v) is 9.58. The summed E-state index contributed by atoms with van der Waals surface area (Å²) in [5, 5.41) is 16.9. The minimum Gasteiger partial charge on any atom is -0.508 e. The molecule has 90 valence electrons. The first-order valence-electron chi connectivity index (χ1n) is 5.16. The molecule has 2 rings (SSSR count). The number of aromatic hydroxyl groups is 1. The molecule has 4 nitrogen and oxygen atoms in total. The van der Waals surface area contributed by atoms with Crippen molar-refractivity contribution in [2.45, 2.75) is 13.5 Å². The fourth-order valence-corrected chi connectivity index (χ4v) is 1.32. The van der Waals surface area contributed by atoms with E-state index in [0.717, 1.165) is 19.0 Å². The van der Waals surface area contributed by atoms with E-state index in [1.807, 2.05) is 47.3 Å². The third kappa shape index (κ3) is 4.88. The molecular weight excluding hydrogens is 218 g/mol. The van der Waals surface area contributed by atoms with Crippen molar-refractivity contribution in [3.05, 3.63) is 54.4 Å². The van der Waals surface area contributed by atoms with Crippen molar-refractivity contribution in [1.82, 2.24) is 4.57 Å². The Hall–Kier alpha value is -2.23. The van der Waals surface area contributed by atoms with E-state index < -0.39 is 5.97 Å². The number of hydrogen-bond donors (Lipinski definition) is 2. The summed E-state index contributed by atoms with van der Waals surface area (Å²) >= 11 is 0. The molecule has 0 aliphatic heterocycles. The van der Waals surface area contributed by atoms with Crippen molar-refractivity contribution in [3.63, 3.8) is 0 Å². The smallest absolute Gasteiger partial charge is 0.300 e. The number of carboxylic acid groups (broad SMARTS) is 1. The van der Waals surface area contributed by atoms with Gasteiger partial charge in [-0.15, -0.1) is 0 Å². The molecule has 0 bridgehead atoms. The van der Waals surface area contributed by atoms with Crippen LogP contribution < -0.4 is 0 Å². The summed E-state index contributed by atoms with van der Waals surface area (Å²) < 4.78 is 2.02. The molecular formula is C13H15NO3. The van der Waals surface area contributed by atoms with Gasteiger partial charge in [0.05, 0.1) is 6.54 Å². The lowest BCUT2D eigenvalue weighted by Gasteiger charge is -2.04. The first-order chi connectivity index (χ1) is 8.09. The van der Waals surface area contributed by atoms with Crippen LogP contribution in [0.1, 0.15) is 12.5 Å². The molecule has 0 amide bonds.